The van der Waals surface area contributed by atoms with Crippen LogP contribution >= 0.6 is 0 Å². The SMILES string of the molecule is CC(C)(C)c1ccc(C(=O)Nc2ccccc2NC(=O)c2ccc(N3CCCS3(=O)=O)cc2)cc1. The number of carbonyl (C=O) groups is 2. The molecule has 2 amide bonds. The average Bonchev–Trinajstić information content (AvgIpc) is 3.18. The largest absolute Gasteiger partial charge is 0.320 e. The molecule has 1 saturated heterocycles. The molecular formula is C27H29N3O4S. The Hall–Kier alpha value is -3.65. The summed E-state index contributed by atoms with van der Waals surface area (Å²) in [6.45, 7) is 6.79. The van der Waals surface area contributed by atoms with E-state index in [4.69, 9.17) is 0 Å². The van der Waals surface area contributed by atoms with Gasteiger partial charge in [-0.2, -0.15) is 0 Å². The Bertz CT molecular complexity index is 1340. The van der Waals surface area contributed by atoms with Crippen molar-refractivity contribution in [2.75, 3.05) is 27.2 Å². The molecule has 0 unspecified atom stereocenters. The fourth-order valence-corrected chi connectivity index (χ4v) is 5.48. The van der Waals surface area contributed by atoms with E-state index < -0.39 is 10.0 Å². The Morgan fingerprint density at radius 2 is 1.26 bits per heavy atom. The molecule has 1 aliphatic rings. The maximum atomic E-state index is 12.9. The molecule has 0 saturated carbocycles. The molecule has 0 bridgehead atoms. The third-order valence-electron chi connectivity index (χ3n) is 5.95. The molecular weight excluding hydrogens is 462 g/mol. The second-order valence-corrected chi connectivity index (χ2v) is 11.6. The standard InChI is InChI=1S/C27H29N3O4S/c1-27(2,3)21-13-9-19(10-14-21)25(31)28-23-7-4-5-8-24(23)29-26(32)20-11-15-22(16-12-20)30-17-6-18-35(30,33)34/h4-5,7-16H,6,17-18H2,1-3H3,(H,28,31)(H,29,32). The first-order valence-corrected chi connectivity index (χ1v) is 13.1. The van der Waals surface area contributed by atoms with Crippen molar-refractivity contribution in [2.45, 2.75) is 32.6 Å². The van der Waals surface area contributed by atoms with Crippen molar-refractivity contribution in [3.63, 3.8) is 0 Å². The summed E-state index contributed by atoms with van der Waals surface area (Å²) < 4.78 is 25.6. The summed E-state index contributed by atoms with van der Waals surface area (Å²) >= 11 is 0. The number of benzene rings is 3. The number of nitrogens with zero attached hydrogens (tertiary/aromatic N) is 1. The third kappa shape index (κ3) is 5.54. The molecule has 8 heteroatoms. The van der Waals surface area contributed by atoms with Crippen LogP contribution in [-0.4, -0.2) is 32.5 Å². The van der Waals surface area contributed by atoms with Crippen LogP contribution in [0.3, 0.4) is 0 Å². The van der Waals surface area contributed by atoms with E-state index in [0.717, 1.165) is 5.56 Å². The van der Waals surface area contributed by atoms with Crippen LogP contribution in [0.4, 0.5) is 17.1 Å². The van der Waals surface area contributed by atoms with Gasteiger partial charge >= 0.3 is 0 Å². The minimum atomic E-state index is -3.28. The highest BCUT2D eigenvalue weighted by molar-refractivity contribution is 7.93. The fraction of sp³-hybridized carbons (Fsp3) is 0.259. The van der Waals surface area contributed by atoms with Crippen LogP contribution in [-0.2, 0) is 15.4 Å². The van der Waals surface area contributed by atoms with E-state index >= 15 is 0 Å². The van der Waals surface area contributed by atoms with Crippen LogP contribution in [0.2, 0.25) is 0 Å². The van der Waals surface area contributed by atoms with E-state index in [2.05, 4.69) is 31.4 Å². The lowest BCUT2D eigenvalue weighted by atomic mass is 9.87. The predicted molar refractivity (Wildman–Crippen MR) is 140 cm³/mol. The van der Waals surface area contributed by atoms with Gasteiger partial charge < -0.3 is 10.6 Å². The lowest BCUT2D eigenvalue weighted by Crippen LogP contribution is -2.25. The summed E-state index contributed by atoms with van der Waals surface area (Å²) in [4.78, 5) is 25.7. The molecule has 7 nitrogen and oxygen atoms in total. The smallest absolute Gasteiger partial charge is 0.255 e. The number of carbonyl (C=O) groups excluding carboxylic acids is 2. The van der Waals surface area contributed by atoms with Crippen molar-refractivity contribution in [3.8, 4) is 0 Å². The van der Waals surface area contributed by atoms with Gasteiger partial charge in [-0.15, -0.1) is 0 Å². The number of rotatable bonds is 5. The van der Waals surface area contributed by atoms with Gasteiger partial charge in [0.15, 0.2) is 0 Å². The zero-order valence-corrected chi connectivity index (χ0v) is 20.9. The minimum Gasteiger partial charge on any atom is -0.320 e. The second-order valence-electron chi connectivity index (χ2n) is 9.57. The summed E-state index contributed by atoms with van der Waals surface area (Å²) in [6, 6.07) is 20.9. The summed E-state index contributed by atoms with van der Waals surface area (Å²) in [5.41, 5.74) is 3.51. The van der Waals surface area contributed by atoms with E-state index in [1.165, 1.54) is 4.31 Å². The van der Waals surface area contributed by atoms with Crippen molar-refractivity contribution in [3.05, 3.63) is 89.5 Å². The molecule has 0 radical (unpaired) electrons. The van der Waals surface area contributed by atoms with E-state index in [-0.39, 0.29) is 23.0 Å². The van der Waals surface area contributed by atoms with Gasteiger partial charge in [0.25, 0.3) is 11.8 Å². The second kappa shape index (κ2) is 9.54. The van der Waals surface area contributed by atoms with E-state index in [1.54, 1.807) is 60.7 Å². The number of sulfonamides is 1. The van der Waals surface area contributed by atoms with Gasteiger partial charge in [0, 0.05) is 17.7 Å². The Morgan fingerprint density at radius 1 is 0.771 bits per heavy atom. The molecule has 35 heavy (non-hydrogen) atoms. The highest BCUT2D eigenvalue weighted by Crippen LogP contribution is 2.27. The number of anilines is 3. The fourth-order valence-electron chi connectivity index (χ4n) is 3.92. The van der Waals surface area contributed by atoms with Crippen molar-refractivity contribution >= 4 is 38.9 Å². The third-order valence-corrected chi connectivity index (χ3v) is 7.82. The van der Waals surface area contributed by atoms with Crippen LogP contribution in [0.5, 0.6) is 0 Å². The maximum absolute atomic E-state index is 12.9. The zero-order chi connectivity index (χ0) is 25.2. The van der Waals surface area contributed by atoms with Crippen molar-refractivity contribution in [1.82, 2.24) is 0 Å². The molecule has 4 rings (SSSR count). The van der Waals surface area contributed by atoms with Crippen LogP contribution in [0.15, 0.2) is 72.8 Å². The Morgan fingerprint density at radius 3 is 1.69 bits per heavy atom. The predicted octanol–water partition coefficient (Wildman–Crippen LogP) is 5.03. The highest BCUT2D eigenvalue weighted by atomic mass is 32.2. The molecule has 182 valence electrons. The van der Waals surface area contributed by atoms with E-state index in [0.29, 0.717) is 41.2 Å². The zero-order valence-electron chi connectivity index (χ0n) is 20.0. The first-order chi connectivity index (χ1) is 16.5. The topological polar surface area (TPSA) is 95.6 Å². The lowest BCUT2D eigenvalue weighted by molar-refractivity contribution is 0.101. The Labute approximate surface area is 206 Å². The van der Waals surface area contributed by atoms with Crippen molar-refractivity contribution < 1.29 is 18.0 Å². The lowest BCUT2D eigenvalue weighted by Gasteiger charge is -2.19. The van der Waals surface area contributed by atoms with E-state index in [9.17, 15) is 18.0 Å². The van der Waals surface area contributed by atoms with Gasteiger partial charge in [-0.1, -0.05) is 45.0 Å². The van der Waals surface area contributed by atoms with Gasteiger partial charge in [0.05, 0.1) is 22.8 Å². The number of hydrogen-bond donors (Lipinski definition) is 2. The van der Waals surface area contributed by atoms with E-state index in [1.807, 2.05) is 12.1 Å². The van der Waals surface area contributed by atoms with Crippen molar-refractivity contribution in [2.24, 2.45) is 0 Å². The molecule has 3 aromatic rings. The first-order valence-electron chi connectivity index (χ1n) is 11.5. The molecule has 0 spiro atoms. The van der Waals surface area contributed by atoms with Gasteiger partial charge in [-0.25, -0.2) is 8.42 Å². The first kappa shape index (κ1) is 24.5. The normalized spacial score (nSPS) is 15.0. The molecule has 3 aromatic carbocycles. The van der Waals surface area contributed by atoms with Gasteiger partial charge in [0.1, 0.15) is 0 Å². The Balaban J connectivity index is 1.46. The van der Waals surface area contributed by atoms with Crippen LogP contribution < -0.4 is 14.9 Å². The highest BCUT2D eigenvalue weighted by Gasteiger charge is 2.28. The number of para-hydroxylation sites is 2. The molecule has 1 heterocycles. The molecule has 0 atom stereocenters. The average molecular weight is 492 g/mol. The van der Waals surface area contributed by atoms with Crippen LogP contribution in [0.25, 0.3) is 0 Å². The number of amides is 2. The monoisotopic (exact) mass is 491 g/mol. The molecule has 0 aromatic heterocycles. The minimum absolute atomic E-state index is 0.00712. The van der Waals surface area contributed by atoms with Gasteiger partial charge in [0.2, 0.25) is 10.0 Å². The van der Waals surface area contributed by atoms with Crippen LogP contribution in [0, 0.1) is 0 Å². The van der Waals surface area contributed by atoms with Crippen molar-refractivity contribution in [1.29, 1.82) is 0 Å². The van der Waals surface area contributed by atoms with Crippen LogP contribution in [0.1, 0.15) is 53.5 Å². The summed E-state index contributed by atoms with van der Waals surface area (Å²) in [5.74, 6) is -0.501. The number of hydrogen-bond acceptors (Lipinski definition) is 4. The van der Waals surface area contributed by atoms with Gasteiger partial charge in [-0.3, -0.25) is 13.9 Å². The van der Waals surface area contributed by atoms with Gasteiger partial charge in [-0.05, 0) is 65.9 Å². The number of nitrogens with one attached hydrogen (secondary N) is 2. The molecule has 1 fully saturated rings. The summed E-state index contributed by atoms with van der Waals surface area (Å²) in [7, 11) is -3.28. The quantitative estimate of drug-likeness (QED) is 0.523. The molecule has 0 aliphatic carbocycles. The Kier molecular flexibility index (Phi) is 6.67. The maximum Gasteiger partial charge on any atom is 0.255 e. The molecule has 2 N–H and O–H groups in total. The molecule has 1 aliphatic heterocycles. The summed E-state index contributed by atoms with van der Waals surface area (Å²) in [6.07, 6.45) is 0.591. The summed E-state index contributed by atoms with van der Waals surface area (Å²) in [5, 5.41) is 5.70.